The minimum Gasteiger partial charge on any atom is -0.395 e. The van der Waals surface area contributed by atoms with Gasteiger partial charge in [0.1, 0.15) is 5.69 Å². The number of carbonyl (C=O) groups is 1. The molecule has 1 aromatic rings. The molecule has 0 aromatic carbocycles. The van der Waals surface area contributed by atoms with Gasteiger partial charge in [-0.3, -0.25) is 9.78 Å². The molecule has 0 spiro atoms. The van der Waals surface area contributed by atoms with Crippen LogP contribution in [0, 0.1) is 0 Å². The summed E-state index contributed by atoms with van der Waals surface area (Å²) < 4.78 is 0. The van der Waals surface area contributed by atoms with Crippen molar-refractivity contribution in [1.29, 1.82) is 0 Å². The van der Waals surface area contributed by atoms with Crippen LogP contribution in [-0.4, -0.2) is 40.6 Å². The molecule has 5 nitrogen and oxygen atoms in total. The number of aromatic nitrogens is 1. The van der Waals surface area contributed by atoms with Crippen LogP contribution in [-0.2, 0) is 6.54 Å². The van der Waals surface area contributed by atoms with Gasteiger partial charge in [-0.25, -0.2) is 0 Å². The Labute approximate surface area is 108 Å². The van der Waals surface area contributed by atoms with Gasteiger partial charge in [0.25, 0.3) is 5.91 Å². The highest BCUT2D eigenvalue weighted by Gasteiger charge is 2.15. The van der Waals surface area contributed by atoms with E-state index in [-0.39, 0.29) is 12.5 Å². The van der Waals surface area contributed by atoms with Crippen molar-refractivity contribution in [3.05, 3.63) is 29.6 Å². The normalized spacial score (nSPS) is 10.4. The van der Waals surface area contributed by atoms with Crippen molar-refractivity contribution in [2.75, 3.05) is 19.7 Å². The number of nitrogens with two attached hydrogens (primary N) is 1. The Kier molecular flexibility index (Phi) is 6.32. The third-order valence-electron chi connectivity index (χ3n) is 2.72. The van der Waals surface area contributed by atoms with E-state index in [1.807, 2.05) is 0 Å². The molecular weight excluding hydrogens is 230 g/mol. The molecule has 0 aliphatic heterocycles. The van der Waals surface area contributed by atoms with Gasteiger partial charge in [0.2, 0.25) is 0 Å². The first-order valence-electron chi connectivity index (χ1n) is 6.28. The predicted octanol–water partition coefficient (Wildman–Crippen LogP) is 0.775. The monoisotopic (exact) mass is 251 g/mol. The molecule has 0 atom stereocenters. The molecule has 0 aliphatic rings. The van der Waals surface area contributed by atoms with E-state index in [1.54, 1.807) is 23.2 Å². The van der Waals surface area contributed by atoms with Gasteiger partial charge in [-0.15, -0.1) is 0 Å². The Balaban J connectivity index is 2.73. The van der Waals surface area contributed by atoms with Gasteiger partial charge in [-0.1, -0.05) is 19.4 Å². The Morgan fingerprint density at radius 1 is 1.44 bits per heavy atom. The van der Waals surface area contributed by atoms with Crippen molar-refractivity contribution < 1.29 is 9.90 Å². The van der Waals surface area contributed by atoms with E-state index in [0.29, 0.717) is 25.3 Å². The van der Waals surface area contributed by atoms with E-state index >= 15 is 0 Å². The van der Waals surface area contributed by atoms with E-state index in [0.717, 1.165) is 18.4 Å². The van der Waals surface area contributed by atoms with Crippen molar-refractivity contribution in [3.63, 3.8) is 0 Å². The number of rotatable bonds is 7. The average Bonchev–Trinajstić information content (AvgIpc) is 2.43. The summed E-state index contributed by atoms with van der Waals surface area (Å²) in [5, 5.41) is 8.98. The predicted molar refractivity (Wildman–Crippen MR) is 70.0 cm³/mol. The zero-order chi connectivity index (χ0) is 13.4. The third kappa shape index (κ3) is 4.09. The van der Waals surface area contributed by atoms with Crippen molar-refractivity contribution in [2.45, 2.75) is 26.3 Å². The van der Waals surface area contributed by atoms with Crippen LogP contribution in [0.2, 0.25) is 0 Å². The number of aliphatic hydroxyl groups is 1. The van der Waals surface area contributed by atoms with E-state index in [9.17, 15) is 4.79 Å². The van der Waals surface area contributed by atoms with E-state index < -0.39 is 0 Å². The van der Waals surface area contributed by atoms with Crippen LogP contribution < -0.4 is 5.73 Å². The van der Waals surface area contributed by atoms with Gasteiger partial charge in [-0.05, 0) is 18.1 Å². The first-order chi connectivity index (χ1) is 8.72. The lowest BCUT2D eigenvalue weighted by molar-refractivity contribution is 0.0713. The molecule has 5 heteroatoms. The number of aliphatic hydroxyl groups excluding tert-OH is 1. The highest BCUT2D eigenvalue weighted by molar-refractivity contribution is 5.92. The second-order valence-electron chi connectivity index (χ2n) is 4.13. The second-order valence-corrected chi connectivity index (χ2v) is 4.13. The molecular formula is C13H21N3O2. The Bertz CT molecular complexity index is 365. The number of carbonyl (C=O) groups excluding carboxylic acids is 1. The molecule has 1 heterocycles. The molecule has 0 saturated heterocycles. The second kappa shape index (κ2) is 7.79. The Hall–Kier alpha value is -1.46. The number of amides is 1. The number of hydrogen-bond donors (Lipinski definition) is 2. The summed E-state index contributed by atoms with van der Waals surface area (Å²) in [5.74, 6) is -0.138. The van der Waals surface area contributed by atoms with Crippen molar-refractivity contribution in [1.82, 2.24) is 9.88 Å². The third-order valence-corrected chi connectivity index (χ3v) is 2.72. The molecule has 100 valence electrons. The summed E-state index contributed by atoms with van der Waals surface area (Å²) in [4.78, 5) is 17.9. The van der Waals surface area contributed by atoms with Crippen molar-refractivity contribution in [3.8, 4) is 0 Å². The fourth-order valence-electron chi connectivity index (χ4n) is 1.62. The summed E-state index contributed by atoms with van der Waals surface area (Å²) in [6, 6.07) is 3.48. The maximum Gasteiger partial charge on any atom is 0.272 e. The number of unbranched alkanes of at least 4 members (excludes halogenated alkanes) is 1. The minimum atomic E-state index is -0.138. The molecule has 0 fully saturated rings. The molecule has 1 amide bonds. The smallest absolute Gasteiger partial charge is 0.272 e. The lowest BCUT2D eigenvalue weighted by Crippen LogP contribution is -2.35. The van der Waals surface area contributed by atoms with Gasteiger partial charge in [0.15, 0.2) is 0 Å². The van der Waals surface area contributed by atoms with Gasteiger partial charge >= 0.3 is 0 Å². The molecule has 0 aliphatic carbocycles. The SMILES string of the molecule is CCCCN(CCO)C(=O)c1ccc(CN)cn1. The first kappa shape index (κ1) is 14.6. The zero-order valence-electron chi connectivity index (χ0n) is 10.8. The zero-order valence-corrected chi connectivity index (χ0v) is 10.8. The van der Waals surface area contributed by atoms with Crippen LogP contribution in [0.15, 0.2) is 18.3 Å². The summed E-state index contributed by atoms with van der Waals surface area (Å²) in [6.07, 6.45) is 3.55. The standard InChI is InChI=1S/C13H21N3O2/c1-2-3-6-16(7-8-17)13(18)12-5-4-11(9-14)10-15-12/h4-5,10,17H,2-3,6-9,14H2,1H3. The molecule has 3 N–H and O–H groups in total. The van der Waals surface area contributed by atoms with E-state index in [2.05, 4.69) is 11.9 Å². The molecule has 0 saturated carbocycles. The van der Waals surface area contributed by atoms with Crippen LogP contribution in [0.1, 0.15) is 35.8 Å². The van der Waals surface area contributed by atoms with Gasteiger partial charge < -0.3 is 15.7 Å². The summed E-state index contributed by atoms with van der Waals surface area (Å²) >= 11 is 0. The van der Waals surface area contributed by atoms with Gasteiger partial charge in [0.05, 0.1) is 6.61 Å². The summed E-state index contributed by atoms with van der Waals surface area (Å²) in [6.45, 7) is 3.44. The highest BCUT2D eigenvalue weighted by atomic mass is 16.3. The van der Waals surface area contributed by atoms with E-state index in [4.69, 9.17) is 10.8 Å². The van der Waals surface area contributed by atoms with Crippen molar-refractivity contribution in [2.24, 2.45) is 5.73 Å². The summed E-state index contributed by atoms with van der Waals surface area (Å²) in [7, 11) is 0. The molecule has 0 radical (unpaired) electrons. The number of pyridine rings is 1. The van der Waals surface area contributed by atoms with E-state index in [1.165, 1.54) is 0 Å². The molecule has 1 rings (SSSR count). The Morgan fingerprint density at radius 2 is 2.22 bits per heavy atom. The van der Waals surface area contributed by atoms with Crippen LogP contribution in [0.3, 0.4) is 0 Å². The quantitative estimate of drug-likeness (QED) is 0.750. The van der Waals surface area contributed by atoms with Crippen LogP contribution in [0.4, 0.5) is 0 Å². The topological polar surface area (TPSA) is 79.5 Å². The average molecular weight is 251 g/mol. The first-order valence-corrected chi connectivity index (χ1v) is 6.28. The lowest BCUT2D eigenvalue weighted by atomic mass is 10.2. The maximum absolute atomic E-state index is 12.2. The number of hydrogen-bond acceptors (Lipinski definition) is 4. The van der Waals surface area contributed by atoms with Crippen LogP contribution >= 0.6 is 0 Å². The Morgan fingerprint density at radius 3 is 2.72 bits per heavy atom. The van der Waals surface area contributed by atoms with Gasteiger partial charge in [0, 0.05) is 25.8 Å². The number of nitrogens with zero attached hydrogens (tertiary/aromatic N) is 2. The van der Waals surface area contributed by atoms with Crippen LogP contribution in [0.25, 0.3) is 0 Å². The molecule has 0 unspecified atom stereocenters. The molecule has 0 bridgehead atoms. The van der Waals surface area contributed by atoms with Crippen LogP contribution in [0.5, 0.6) is 0 Å². The van der Waals surface area contributed by atoms with Gasteiger partial charge in [-0.2, -0.15) is 0 Å². The highest BCUT2D eigenvalue weighted by Crippen LogP contribution is 2.05. The lowest BCUT2D eigenvalue weighted by Gasteiger charge is -2.21. The molecule has 1 aromatic heterocycles. The maximum atomic E-state index is 12.2. The fourth-order valence-corrected chi connectivity index (χ4v) is 1.62. The minimum absolute atomic E-state index is 0.0314. The summed E-state index contributed by atoms with van der Waals surface area (Å²) in [5.41, 5.74) is 6.78. The van der Waals surface area contributed by atoms with Crippen molar-refractivity contribution >= 4 is 5.91 Å². The molecule has 18 heavy (non-hydrogen) atoms. The largest absolute Gasteiger partial charge is 0.395 e. The fraction of sp³-hybridized carbons (Fsp3) is 0.538.